The molecule has 2 N–H and O–H groups in total. The van der Waals surface area contributed by atoms with Crippen molar-refractivity contribution in [3.63, 3.8) is 0 Å². The van der Waals surface area contributed by atoms with Crippen molar-refractivity contribution in [3.8, 4) is 0 Å². The van der Waals surface area contributed by atoms with Gasteiger partial charge in [0.1, 0.15) is 6.20 Å². The Labute approximate surface area is 102 Å². The number of primary amides is 1. The minimum atomic E-state index is -0.644. The predicted octanol–water partition coefficient (Wildman–Crippen LogP) is 0.350. The van der Waals surface area contributed by atoms with Gasteiger partial charge in [0, 0.05) is 6.54 Å². The summed E-state index contributed by atoms with van der Waals surface area (Å²) in [6.45, 7) is 1.87. The van der Waals surface area contributed by atoms with E-state index in [1.807, 2.05) is 0 Å². The van der Waals surface area contributed by atoms with Crippen LogP contribution in [0.25, 0.3) is 0 Å². The average Bonchev–Trinajstić information content (AvgIpc) is 2.25. The smallest absolute Gasteiger partial charge is 0.329 e. The third-order valence-electron chi connectivity index (χ3n) is 1.95. The second-order valence-electron chi connectivity index (χ2n) is 3.09. The summed E-state index contributed by atoms with van der Waals surface area (Å²) in [6.07, 6.45) is 0.994. The first kappa shape index (κ1) is 13.1. The van der Waals surface area contributed by atoms with E-state index in [9.17, 15) is 14.9 Å². The molecule has 9 heteroatoms. The van der Waals surface area contributed by atoms with Crippen LogP contribution in [0.2, 0.25) is 5.28 Å². The molecule has 0 fully saturated rings. The van der Waals surface area contributed by atoms with E-state index in [1.165, 1.54) is 4.90 Å². The van der Waals surface area contributed by atoms with Gasteiger partial charge >= 0.3 is 5.69 Å². The van der Waals surface area contributed by atoms with Gasteiger partial charge < -0.3 is 10.6 Å². The Morgan fingerprint density at radius 1 is 1.71 bits per heavy atom. The van der Waals surface area contributed by atoms with Crippen LogP contribution < -0.4 is 10.6 Å². The van der Waals surface area contributed by atoms with Crippen LogP contribution in [-0.4, -0.2) is 33.9 Å². The number of nitrogens with zero attached hydrogens (tertiary/aromatic N) is 4. The maximum absolute atomic E-state index is 10.8. The molecule has 0 radical (unpaired) electrons. The van der Waals surface area contributed by atoms with Crippen LogP contribution in [0.1, 0.15) is 6.92 Å². The van der Waals surface area contributed by atoms with E-state index in [2.05, 4.69) is 9.97 Å². The number of halogens is 1. The van der Waals surface area contributed by atoms with E-state index in [4.69, 9.17) is 17.3 Å². The molecular weight excluding hydrogens is 250 g/mol. The molecule has 1 rings (SSSR count). The van der Waals surface area contributed by atoms with Gasteiger partial charge in [-0.3, -0.25) is 14.9 Å². The number of anilines is 1. The minimum Gasteiger partial charge on any atom is -0.368 e. The Bertz CT molecular complexity index is 453. The molecule has 0 bridgehead atoms. The number of nitrogens with two attached hydrogens (primary N) is 1. The highest BCUT2D eigenvalue weighted by molar-refractivity contribution is 6.28. The third-order valence-corrected chi connectivity index (χ3v) is 2.13. The summed E-state index contributed by atoms with van der Waals surface area (Å²) in [5, 5.41) is 10.6. The molecule has 8 nitrogen and oxygen atoms in total. The lowest BCUT2D eigenvalue weighted by Crippen LogP contribution is -2.34. The second-order valence-corrected chi connectivity index (χ2v) is 3.42. The summed E-state index contributed by atoms with van der Waals surface area (Å²) in [4.78, 5) is 29.6. The molecule has 0 atom stereocenters. The van der Waals surface area contributed by atoms with Gasteiger partial charge in [-0.05, 0) is 18.5 Å². The van der Waals surface area contributed by atoms with E-state index in [-0.39, 0.29) is 23.3 Å². The van der Waals surface area contributed by atoms with Crippen molar-refractivity contribution in [3.05, 3.63) is 21.6 Å². The van der Waals surface area contributed by atoms with E-state index < -0.39 is 10.8 Å². The molecule has 0 spiro atoms. The topological polar surface area (TPSA) is 115 Å². The van der Waals surface area contributed by atoms with Crippen molar-refractivity contribution >= 4 is 29.0 Å². The minimum absolute atomic E-state index is 0.0173. The molecule has 17 heavy (non-hydrogen) atoms. The number of hydrogen-bond donors (Lipinski definition) is 1. The normalized spacial score (nSPS) is 10.0. The first-order valence-corrected chi connectivity index (χ1v) is 5.03. The SMILES string of the molecule is CCN(CC(N)=O)c1nc(Cl)ncc1[N+](=O)[O-]. The number of carbonyl (C=O) groups excluding carboxylic acids is 1. The van der Waals surface area contributed by atoms with Gasteiger partial charge in [-0.1, -0.05) is 0 Å². The van der Waals surface area contributed by atoms with Crippen LogP contribution in [-0.2, 0) is 4.79 Å². The van der Waals surface area contributed by atoms with Crippen LogP contribution in [0.15, 0.2) is 6.20 Å². The van der Waals surface area contributed by atoms with Gasteiger partial charge in [0.2, 0.25) is 17.0 Å². The lowest BCUT2D eigenvalue weighted by molar-refractivity contribution is -0.384. The number of likely N-dealkylation sites (N-methyl/N-ethyl adjacent to an activating group) is 1. The molecule has 0 unspecified atom stereocenters. The first-order valence-electron chi connectivity index (χ1n) is 4.65. The highest BCUT2D eigenvalue weighted by atomic mass is 35.5. The van der Waals surface area contributed by atoms with E-state index in [1.54, 1.807) is 6.92 Å². The van der Waals surface area contributed by atoms with Gasteiger partial charge in [0.15, 0.2) is 0 Å². The van der Waals surface area contributed by atoms with Crippen molar-refractivity contribution in [2.75, 3.05) is 18.0 Å². The van der Waals surface area contributed by atoms with Crippen LogP contribution >= 0.6 is 11.6 Å². The lowest BCUT2D eigenvalue weighted by Gasteiger charge is -2.19. The Morgan fingerprint density at radius 3 is 2.82 bits per heavy atom. The van der Waals surface area contributed by atoms with Crippen LogP contribution in [0, 0.1) is 10.1 Å². The van der Waals surface area contributed by atoms with Crippen molar-refractivity contribution in [2.45, 2.75) is 6.92 Å². The third kappa shape index (κ3) is 3.25. The monoisotopic (exact) mass is 259 g/mol. The molecule has 0 aliphatic rings. The molecular formula is C8H10ClN5O3. The highest BCUT2D eigenvalue weighted by Crippen LogP contribution is 2.25. The molecule has 0 aliphatic carbocycles. The van der Waals surface area contributed by atoms with Crippen LogP contribution in [0.5, 0.6) is 0 Å². The number of amides is 1. The molecule has 1 heterocycles. The molecule has 92 valence electrons. The summed E-state index contributed by atoms with van der Waals surface area (Å²) < 4.78 is 0. The van der Waals surface area contributed by atoms with Crippen molar-refractivity contribution in [2.24, 2.45) is 5.73 Å². The first-order chi connectivity index (χ1) is 7.95. The number of carbonyl (C=O) groups is 1. The fourth-order valence-corrected chi connectivity index (χ4v) is 1.36. The Kier molecular flexibility index (Phi) is 4.16. The second kappa shape index (κ2) is 5.39. The number of rotatable bonds is 5. The standard InChI is InChI=1S/C8H10ClN5O3/c1-2-13(4-6(10)15)7-5(14(16)17)3-11-8(9)12-7/h3H,2,4H2,1H3,(H2,10,15). The molecule has 1 aromatic rings. The summed E-state index contributed by atoms with van der Waals surface area (Å²) in [7, 11) is 0. The maximum atomic E-state index is 10.8. The summed E-state index contributed by atoms with van der Waals surface area (Å²) in [5.74, 6) is -0.632. The molecule has 1 amide bonds. The van der Waals surface area contributed by atoms with E-state index in [0.29, 0.717) is 6.54 Å². The van der Waals surface area contributed by atoms with Gasteiger partial charge in [-0.15, -0.1) is 0 Å². The largest absolute Gasteiger partial charge is 0.368 e. The Morgan fingerprint density at radius 2 is 2.35 bits per heavy atom. The number of hydrogen-bond acceptors (Lipinski definition) is 6. The number of nitro groups is 1. The fourth-order valence-electron chi connectivity index (χ4n) is 1.23. The van der Waals surface area contributed by atoms with Crippen molar-refractivity contribution in [1.29, 1.82) is 0 Å². The maximum Gasteiger partial charge on any atom is 0.329 e. The van der Waals surface area contributed by atoms with Gasteiger partial charge in [-0.2, -0.15) is 4.98 Å². The zero-order valence-corrected chi connectivity index (χ0v) is 9.72. The van der Waals surface area contributed by atoms with E-state index >= 15 is 0 Å². The van der Waals surface area contributed by atoms with Crippen molar-refractivity contribution in [1.82, 2.24) is 9.97 Å². The van der Waals surface area contributed by atoms with Crippen LogP contribution in [0.4, 0.5) is 11.5 Å². The summed E-state index contributed by atoms with van der Waals surface area (Å²) in [6, 6.07) is 0. The lowest BCUT2D eigenvalue weighted by atomic mass is 10.4. The molecule has 0 aromatic carbocycles. The Balaban J connectivity index is 3.20. The Hall–Kier alpha value is -1.96. The van der Waals surface area contributed by atoms with Gasteiger partial charge in [0.25, 0.3) is 0 Å². The molecule has 0 saturated heterocycles. The summed E-state index contributed by atoms with van der Waals surface area (Å²) in [5.41, 5.74) is 4.72. The van der Waals surface area contributed by atoms with Gasteiger partial charge in [0.05, 0.1) is 11.5 Å². The molecule has 0 saturated carbocycles. The fraction of sp³-hybridized carbons (Fsp3) is 0.375. The zero-order chi connectivity index (χ0) is 13.0. The quantitative estimate of drug-likeness (QED) is 0.463. The van der Waals surface area contributed by atoms with Crippen LogP contribution in [0.3, 0.4) is 0 Å². The van der Waals surface area contributed by atoms with Crippen molar-refractivity contribution < 1.29 is 9.72 Å². The summed E-state index contributed by atoms with van der Waals surface area (Å²) >= 11 is 5.57. The average molecular weight is 260 g/mol. The highest BCUT2D eigenvalue weighted by Gasteiger charge is 2.22. The molecule has 0 aliphatic heterocycles. The van der Waals surface area contributed by atoms with E-state index in [0.717, 1.165) is 6.20 Å². The van der Waals surface area contributed by atoms with Gasteiger partial charge in [-0.25, -0.2) is 4.98 Å². The molecule has 1 aromatic heterocycles. The predicted molar refractivity (Wildman–Crippen MR) is 60.8 cm³/mol. The zero-order valence-electron chi connectivity index (χ0n) is 8.96. The number of aromatic nitrogens is 2.